The minimum absolute atomic E-state index is 0.648. The number of benzene rings is 1. The number of hydrazine groups is 1. The van der Waals surface area contributed by atoms with Gasteiger partial charge in [0.1, 0.15) is 5.75 Å². The van der Waals surface area contributed by atoms with Gasteiger partial charge in [-0.25, -0.2) is 5.43 Å². The van der Waals surface area contributed by atoms with Crippen molar-refractivity contribution in [2.24, 2.45) is 5.84 Å². The Bertz CT molecular complexity index is 391. The predicted molar refractivity (Wildman–Crippen MR) is 70.9 cm³/mol. The largest absolute Gasteiger partial charge is 0.496 e. The molecule has 1 rings (SSSR count). The zero-order chi connectivity index (χ0) is 13.0. The topological polar surface area (TPSA) is 50.5 Å². The Hall–Kier alpha value is -1.10. The van der Waals surface area contributed by atoms with Crippen LogP contribution in [-0.4, -0.2) is 25.7 Å². The maximum atomic E-state index is 5.54. The van der Waals surface area contributed by atoms with Gasteiger partial charge in [0.25, 0.3) is 0 Å². The van der Waals surface area contributed by atoms with Crippen molar-refractivity contribution in [1.29, 1.82) is 0 Å². The molecule has 0 radical (unpaired) electrons. The second-order valence-electron chi connectivity index (χ2n) is 4.52. The first kappa shape index (κ1) is 14.0. The van der Waals surface area contributed by atoms with Crippen LogP contribution in [0.2, 0.25) is 0 Å². The number of nitrogens with zero attached hydrogens (tertiary/aromatic N) is 1. The first-order valence-corrected chi connectivity index (χ1v) is 5.77. The Labute approximate surface area is 104 Å². The summed E-state index contributed by atoms with van der Waals surface area (Å²) in [5.41, 5.74) is 7.62. The van der Waals surface area contributed by atoms with E-state index in [1.54, 1.807) is 7.11 Å². The summed E-state index contributed by atoms with van der Waals surface area (Å²) >= 11 is 0. The number of hydrogen-bond acceptors (Lipinski definition) is 4. The standard InChI is InChI=1S/C13H23N3O/c1-9-6-10(2)12(7-16(4)8-15-14)13(17-5)11(9)3/h6,15H,7-8,14H2,1-5H3. The molecule has 3 N–H and O–H groups in total. The summed E-state index contributed by atoms with van der Waals surface area (Å²) in [6.07, 6.45) is 0. The molecule has 0 aliphatic heterocycles. The van der Waals surface area contributed by atoms with Crippen LogP contribution in [0.15, 0.2) is 6.07 Å². The molecular weight excluding hydrogens is 214 g/mol. The Morgan fingerprint density at radius 1 is 1.29 bits per heavy atom. The highest BCUT2D eigenvalue weighted by Crippen LogP contribution is 2.30. The lowest BCUT2D eigenvalue weighted by Gasteiger charge is -2.21. The van der Waals surface area contributed by atoms with Crippen molar-refractivity contribution in [2.45, 2.75) is 27.3 Å². The number of aryl methyl sites for hydroxylation is 2. The van der Waals surface area contributed by atoms with Crippen LogP contribution in [0, 0.1) is 20.8 Å². The number of ether oxygens (including phenoxy) is 1. The van der Waals surface area contributed by atoms with Crippen LogP contribution >= 0.6 is 0 Å². The van der Waals surface area contributed by atoms with Crippen molar-refractivity contribution >= 4 is 0 Å². The number of rotatable bonds is 5. The smallest absolute Gasteiger partial charge is 0.126 e. The lowest BCUT2D eigenvalue weighted by molar-refractivity contribution is 0.294. The van der Waals surface area contributed by atoms with Crippen molar-refractivity contribution in [3.63, 3.8) is 0 Å². The summed E-state index contributed by atoms with van der Waals surface area (Å²) in [6.45, 7) is 7.79. The number of hydrogen-bond donors (Lipinski definition) is 2. The second-order valence-corrected chi connectivity index (χ2v) is 4.52. The van der Waals surface area contributed by atoms with E-state index in [2.05, 4.69) is 37.2 Å². The van der Waals surface area contributed by atoms with Crippen LogP contribution in [0.5, 0.6) is 5.75 Å². The van der Waals surface area contributed by atoms with Crippen LogP contribution in [0.25, 0.3) is 0 Å². The molecule has 0 spiro atoms. The van der Waals surface area contributed by atoms with E-state index in [9.17, 15) is 0 Å². The molecule has 96 valence electrons. The van der Waals surface area contributed by atoms with Gasteiger partial charge in [0.2, 0.25) is 0 Å². The van der Waals surface area contributed by atoms with E-state index in [0.717, 1.165) is 12.3 Å². The first-order chi connectivity index (χ1) is 8.01. The van der Waals surface area contributed by atoms with Crippen LogP contribution in [-0.2, 0) is 6.54 Å². The number of nitrogens with two attached hydrogens (primary N) is 1. The van der Waals surface area contributed by atoms with Crippen molar-refractivity contribution in [3.8, 4) is 5.75 Å². The molecule has 0 heterocycles. The van der Waals surface area contributed by atoms with Gasteiger partial charge in [-0.3, -0.25) is 10.7 Å². The molecule has 0 saturated heterocycles. The molecule has 17 heavy (non-hydrogen) atoms. The summed E-state index contributed by atoms with van der Waals surface area (Å²) < 4.78 is 5.54. The van der Waals surface area contributed by atoms with E-state index in [0.29, 0.717) is 6.67 Å². The average Bonchev–Trinajstić information content (AvgIpc) is 2.27. The fourth-order valence-corrected chi connectivity index (χ4v) is 2.06. The third-order valence-electron chi connectivity index (χ3n) is 3.11. The van der Waals surface area contributed by atoms with Crippen molar-refractivity contribution in [1.82, 2.24) is 10.3 Å². The monoisotopic (exact) mass is 237 g/mol. The maximum absolute atomic E-state index is 5.54. The number of nitrogens with one attached hydrogen (secondary N) is 1. The summed E-state index contributed by atoms with van der Waals surface area (Å²) in [5.74, 6) is 6.31. The van der Waals surface area contributed by atoms with E-state index >= 15 is 0 Å². The van der Waals surface area contributed by atoms with E-state index in [1.807, 2.05) is 7.05 Å². The average molecular weight is 237 g/mol. The Morgan fingerprint density at radius 3 is 2.47 bits per heavy atom. The van der Waals surface area contributed by atoms with Gasteiger partial charge in [-0.1, -0.05) is 6.07 Å². The summed E-state index contributed by atoms with van der Waals surface area (Å²) in [6, 6.07) is 2.21. The van der Waals surface area contributed by atoms with E-state index in [-0.39, 0.29) is 0 Å². The van der Waals surface area contributed by atoms with Crippen LogP contribution in [0.4, 0.5) is 0 Å². The molecule has 0 amide bonds. The molecule has 1 aromatic rings. The van der Waals surface area contributed by atoms with Crippen LogP contribution < -0.4 is 16.0 Å². The van der Waals surface area contributed by atoms with Crippen molar-refractivity contribution in [3.05, 3.63) is 28.3 Å². The van der Waals surface area contributed by atoms with E-state index in [4.69, 9.17) is 10.6 Å². The highest BCUT2D eigenvalue weighted by atomic mass is 16.5. The zero-order valence-electron chi connectivity index (χ0n) is 11.4. The first-order valence-electron chi connectivity index (χ1n) is 5.77. The highest BCUT2D eigenvalue weighted by Gasteiger charge is 2.13. The fourth-order valence-electron chi connectivity index (χ4n) is 2.06. The zero-order valence-corrected chi connectivity index (χ0v) is 11.4. The maximum Gasteiger partial charge on any atom is 0.126 e. The molecule has 0 unspecified atom stereocenters. The molecule has 1 aromatic carbocycles. The molecule has 4 nitrogen and oxygen atoms in total. The van der Waals surface area contributed by atoms with Gasteiger partial charge >= 0.3 is 0 Å². The van der Waals surface area contributed by atoms with Gasteiger partial charge in [0.05, 0.1) is 13.8 Å². The molecule has 0 fully saturated rings. The molecule has 0 aliphatic rings. The summed E-state index contributed by atoms with van der Waals surface area (Å²) in [5, 5.41) is 0. The lowest BCUT2D eigenvalue weighted by Crippen LogP contribution is -2.35. The van der Waals surface area contributed by atoms with Gasteiger partial charge in [-0.15, -0.1) is 0 Å². The number of methoxy groups -OCH3 is 1. The fraction of sp³-hybridized carbons (Fsp3) is 0.538. The molecule has 0 bridgehead atoms. The van der Waals surface area contributed by atoms with Gasteiger partial charge in [0.15, 0.2) is 0 Å². The minimum atomic E-state index is 0.648. The van der Waals surface area contributed by atoms with E-state index < -0.39 is 0 Å². The molecule has 0 saturated carbocycles. The van der Waals surface area contributed by atoms with Crippen LogP contribution in [0.1, 0.15) is 22.3 Å². The molecule has 0 atom stereocenters. The minimum Gasteiger partial charge on any atom is -0.496 e. The molecular formula is C13H23N3O. The Morgan fingerprint density at radius 2 is 1.94 bits per heavy atom. The Kier molecular flexibility index (Phi) is 4.93. The predicted octanol–water partition coefficient (Wildman–Crippen LogP) is 1.47. The SMILES string of the molecule is COc1c(C)c(C)cc(C)c1CN(C)CNN. The van der Waals surface area contributed by atoms with Gasteiger partial charge in [0, 0.05) is 12.1 Å². The van der Waals surface area contributed by atoms with Crippen molar-refractivity contribution < 1.29 is 4.74 Å². The van der Waals surface area contributed by atoms with E-state index in [1.165, 1.54) is 22.3 Å². The quantitative estimate of drug-likeness (QED) is 0.462. The molecule has 4 heteroatoms. The van der Waals surface area contributed by atoms with Gasteiger partial charge in [-0.2, -0.15) is 0 Å². The third-order valence-corrected chi connectivity index (χ3v) is 3.11. The highest BCUT2D eigenvalue weighted by molar-refractivity contribution is 5.49. The van der Waals surface area contributed by atoms with Crippen LogP contribution in [0.3, 0.4) is 0 Å². The third kappa shape index (κ3) is 3.19. The summed E-state index contributed by atoms with van der Waals surface area (Å²) in [7, 11) is 3.75. The van der Waals surface area contributed by atoms with Gasteiger partial charge in [-0.05, 0) is 44.5 Å². The van der Waals surface area contributed by atoms with Gasteiger partial charge < -0.3 is 4.74 Å². The Balaban J connectivity index is 3.09. The molecule has 0 aliphatic carbocycles. The summed E-state index contributed by atoms with van der Waals surface area (Å²) in [4.78, 5) is 2.11. The second kappa shape index (κ2) is 6.00. The molecule has 0 aromatic heterocycles. The lowest BCUT2D eigenvalue weighted by atomic mass is 9.98. The van der Waals surface area contributed by atoms with Crippen molar-refractivity contribution in [2.75, 3.05) is 20.8 Å². The normalized spacial score (nSPS) is 11.0.